The number of benzene rings is 1. The number of carbonyl (C=O) groups excluding carboxylic acids is 2. The van der Waals surface area contributed by atoms with Gasteiger partial charge in [0.05, 0.1) is 12.8 Å². The molecule has 0 heterocycles. The number of anilines is 1. The molecule has 0 fully saturated rings. The topological polar surface area (TPSA) is 64.6 Å². The number of unbranched alkanes of at least 4 members (excludes halogenated alkanes) is 1. The number of methoxy groups -OCH3 is 1. The normalized spacial score (nSPS) is 11.6. The summed E-state index contributed by atoms with van der Waals surface area (Å²) in [7, 11) is 1.34. The van der Waals surface area contributed by atoms with Crippen molar-refractivity contribution in [2.45, 2.75) is 39.2 Å². The summed E-state index contributed by atoms with van der Waals surface area (Å²) < 4.78 is 10.5. The molecule has 1 aromatic rings. The maximum atomic E-state index is 11.7. The largest absolute Gasteiger partial charge is 0.477 e. The summed E-state index contributed by atoms with van der Waals surface area (Å²) >= 11 is 0. The molecule has 1 unspecified atom stereocenters. The molecule has 20 heavy (non-hydrogen) atoms. The van der Waals surface area contributed by atoms with Crippen molar-refractivity contribution >= 4 is 17.6 Å². The second-order valence-electron chi connectivity index (χ2n) is 4.45. The summed E-state index contributed by atoms with van der Waals surface area (Å²) in [6.45, 7) is 3.46. The highest BCUT2D eigenvalue weighted by molar-refractivity contribution is 5.90. The van der Waals surface area contributed by atoms with Gasteiger partial charge in [-0.2, -0.15) is 0 Å². The van der Waals surface area contributed by atoms with Gasteiger partial charge in [-0.3, -0.25) is 4.79 Å². The fourth-order valence-electron chi connectivity index (χ4n) is 1.76. The van der Waals surface area contributed by atoms with Gasteiger partial charge in [-0.15, -0.1) is 0 Å². The van der Waals surface area contributed by atoms with E-state index in [0.29, 0.717) is 17.9 Å². The Hall–Kier alpha value is -2.04. The molecular formula is C15H21NO4. The van der Waals surface area contributed by atoms with E-state index in [4.69, 9.17) is 9.47 Å². The summed E-state index contributed by atoms with van der Waals surface area (Å²) in [5.41, 5.74) is 0.547. The van der Waals surface area contributed by atoms with Crippen LogP contribution in [0.3, 0.4) is 0 Å². The number of rotatable bonds is 7. The molecule has 0 bridgehead atoms. The number of hydrogen-bond acceptors (Lipinski definition) is 4. The average Bonchev–Trinajstić information content (AvgIpc) is 2.43. The molecule has 1 aromatic carbocycles. The van der Waals surface area contributed by atoms with Crippen molar-refractivity contribution < 1.29 is 19.1 Å². The lowest BCUT2D eigenvalue weighted by atomic mass is 10.1. The number of amides is 1. The lowest BCUT2D eigenvalue weighted by Crippen LogP contribution is -2.29. The molecule has 0 radical (unpaired) electrons. The van der Waals surface area contributed by atoms with E-state index < -0.39 is 12.1 Å². The van der Waals surface area contributed by atoms with E-state index in [-0.39, 0.29) is 5.91 Å². The first-order valence-corrected chi connectivity index (χ1v) is 6.69. The van der Waals surface area contributed by atoms with E-state index >= 15 is 0 Å². The van der Waals surface area contributed by atoms with E-state index in [1.54, 1.807) is 24.3 Å². The predicted octanol–water partition coefficient (Wildman–Crippen LogP) is 2.76. The summed E-state index contributed by atoms with van der Waals surface area (Å²) in [6, 6.07) is 7.02. The summed E-state index contributed by atoms with van der Waals surface area (Å²) in [5, 5.41) is 2.68. The van der Waals surface area contributed by atoms with Crippen LogP contribution in [0.4, 0.5) is 5.69 Å². The van der Waals surface area contributed by atoms with Gasteiger partial charge < -0.3 is 14.8 Å². The summed E-state index contributed by atoms with van der Waals surface area (Å²) in [5.74, 6) is -0.130. The Morgan fingerprint density at radius 2 is 2.00 bits per heavy atom. The highest BCUT2D eigenvalue weighted by atomic mass is 16.6. The van der Waals surface area contributed by atoms with Crippen molar-refractivity contribution in [3.8, 4) is 5.75 Å². The zero-order valence-corrected chi connectivity index (χ0v) is 12.1. The van der Waals surface area contributed by atoms with Gasteiger partial charge in [-0.1, -0.05) is 25.5 Å². The van der Waals surface area contributed by atoms with Gasteiger partial charge in [-0.05, 0) is 25.0 Å². The van der Waals surface area contributed by atoms with Crippen molar-refractivity contribution in [3.05, 3.63) is 24.3 Å². The zero-order chi connectivity index (χ0) is 15.0. The van der Waals surface area contributed by atoms with Crippen molar-refractivity contribution in [1.29, 1.82) is 0 Å². The Morgan fingerprint density at radius 3 is 2.60 bits per heavy atom. The Balaban J connectivity index is 2.86. The molecule has 0 aromatic heterocycles. The van der Waals surface area contributed by atoms with Crippen LogP contribution >= 0.6 is 0 Å². The molecular weight excluding hydrogens is 258 g/mol. The molecule has 0 saturated heterocycles. The van der Waals surface area contributed by atoms with Gasteiger partial charge >= 0.3 is 5.97 Å². The van der Waals surface area contributed by atoms with E-state index in [9.17, 15) is 9.59 Å². The van der Waals surface area contributed by atoms with Gasteiger partial charge in [0.2, 0.25) is 5.91 Å². The van der Waals surface area contributed by atoms with Crippen LogP contribution < -0.4 is 10.1 Å². The number of carbonyl (C=O) groups is 2. The van der Waals surface area contributed by atoms with Crippen molar-refractivity contribution in [2.24, 2.45) is 0 Å². The summed E-state index contributed by atoms with van der Waals surface area (Å²) in [6.07, 6.45) is 1.75. The van der Waals surface area contributed by atoms with Gasteiger partial charge in [0, 0.05) is 6.92 Å². The van der Waals surface area contributed by atoms with Crippen LogP contribution in [0.5, 0.6) is 5.75 Å². The smallest absolute Gasteiger partial charge is 0.347 e. The molecule has 0 aliphatic rings. The maximum absolute atomic E-state index is 11.7. The van der Waals surface area contributed by atoms with Crippen LogP contribution in [0.2, 0.25) is 0 Å². The molecule has 110 valence electrons. The maximum Gasteiger partial charge on any atom is 0.347 e. The number of esters is 1. The van der Waals surface area contributed by atoms with Gasteiger partial charge in [0.15, 0.2) is 6.10 Å². The predicted molar refractivity (Wildman–Crippen MR) is 76.7 cm³/mol. The molecule has 0 aliphatic carbocycles. The van der Waals surface area contributed by atoms with Crippen LogP contribution in [-0.2, 0) is 14.3 Å². The SMILES string of the molecule is CCCCC(Oc1ccccc1NC(C)=O)C(=O)OC. The molecule has 0 spiro atoms. The highest BCUT2D eigenvalue weighted by Gasteiger charge is 2.21. The lowest BCUT2D eigenvalue weighted by molar-refractivity contribution is -0.149. The van der Waals surface area contributed by atoms with Crippen LogP contribution in [0.1, 0.15) is 33.1 Å². The third-order valence-corrected chi connectivity index (χ3v) is 2.75. The number of para-hydroxylation sites is 2. The molecule has 0 aliphatic heterocycles. The minimum Gasteiger partial charge on any atom is -0.477 e. The second-order valence-corrected chi connectivity index (χ2v) is 4.45. The Bertz CT molecular complexity index is 459. The number of hydrogen-bond donors (Lipinski definition) is 1. The van der Waals surface area contributed by atoms with E-state index in [1.807, 2.05) is 6.92 Å². The van der Waals surface area contributed by atoms with Gasteiger partial charge in [0.1, 0.15) is 5.75 Å². The third kappa shape index (κ3) is 4.91. The van der Waals surface area contributed by atoms with E-state index in [2.05, 4.69) is 5.32 Å². The Morgan fingerprint density at radius 1 is 1.30 bits per heavy atom. The first kappa shape index (κ1) is 16.0. The highest BCUT2D eigenvalue weighted by Crippen LogP contribution is 2.26. The molecule has 0 saturated carbocycles. The molecule has 5 heteroatoms. The minimum atomic E-state index is -0.658. The second kappa shape index (κ2) is 8.19. The lowest BCUT2D eigenvalue weighted by Gasteiger charge is -2.18. The first-order valence-electron chi connectivity index (χ1n) is 6.69. The van der Waals surface area contributed by atoms with Crippen LogP contribution in [0, 0.1) is 0 Å². The third-order valence-electron chi connectivity index (χ3n) is 2.75. The van der Waals surface area contributed by atoms with Gasteiger partial charge in [-0.25, -0.2) is 4.79 Å². The van der Waals surface area contributed by atoms with Crippen molar-refractivity contribution in [3.63, 3.8) is 0 Å². The summed E-state index contributed by atoms with van der Waals surface area (Å²) in [4.78, 5) is 22.9. The fraction of sp³-hybridized carbons (Fsp3) is 0.467. The molecule has 1 amide bonds. The molecule has 1 atom stereocenters. The van der Waals surface area contributed by atoms with Crippen molar-refractivity contribution in [1.82, 2.24) is 0 Å². The average molecular weight is 279 g/mol. The Labute approximate surface area is 119 Å². The van der Waals surface area contributed by atoms with Crippen LogP contribution in [0.15, 0.2) is 24.3 Å². The zero-order valence-electron chi connectivity index (χ0n) is 12.1. The quantitative estimate of drug-likeness (QED) is 0.779. The van der Waals surface area contributed by atoms with Crippen molar-refractivity contribution in [2.75, 3.05) is 12.4 Å². The van der Waals surface area contributed by atoms with E-state index in [1.165, 1.54) is 14.0 Å². The molecule has 1 rings (SSSR count). The molecule has 1 N–H and O–H groups in total. The number of ether oxygens (including phenoxy) is 2. The van der Waals surface area contributed by atoms with Crippen LogP contribution in [-0.4, -0.2) is 25.1 Å². The monoisotopic (exact) mass is 279 g/mol. The minimum absolute atomic E-state index is 0.191. The van der Waals surface area contributed by atoms with Gasteiger partial charge in [0.25, 0.3) is 0 Å². The Kier molecular flexibility index (Phi) is 6.56. The number of nitrogens with one attached hydrogen (secondary N) is 1. The fourth-order valence-corrected chi connectivity index (χ4v) is 1.76. The van der Waals surface area contributed by atoms with Crippen LogP contribution in [0.25, 0.3) is 0 Å². The molecule has 5 nitrogen and oxygen atoms in total. The van der Waals surface area contributed by atoms with E-state index in [0.717, 1.165) is 12.8 Å². The standard InChI is InChI=1S/C15H21NO4/c1-4-5-9-14(15(18)19-3)20-13-10-7-6-8-12(13)16-11(2)17/h6-8,10,14H,4-5,9H2,1-3H3,(H,16,17). The first-order chi connectivity index (χ1) is 9.58.